The molecule has 0 saturated carbocycles. The number of hydrogen-bond acceptors (Lipinski definition) is 1. The highest BCUT2D eigenvalue weighted by Gasteiger charge is 2.32. The number of benzene rings is 1. The number of carbonyl (C=O) groups is 1. The second kappa shape index (κ2) is 7.28. The van der Waals surface area contributed by atoms with Gasteiger partial charge in [-0.05, 0) is 39.0 Å². The monoisotopic (exact) mass is 301 g/mol. The maximum atomic E-state index is 12.7. The molecule has 1 N–H and O–H groups in total. The molecule has 120 valence electrons. The highest BCUT2D eigenvalue weighted by atomic mass is 16.2. The summed E-state index contributed by atoms with van der Waals surface area (Å²) in [5.41, 5.74) is 2.71. The highest BCUT2D eigenvalue weighted by Crippen LogP contribution is 2.16. The van der Waals surface area contributed by atoms with E-state index in [1.807, 2.05) is 0 Å². The molecule has 3 heteroatoms. The van der Waals surface area contributed by atoms with Gasteiger partial charge in [-0.3, -0.25) is 4.79 Å². The van der Waals surface area contributed by atoms with E-state index >= 15 is 0 Å². The number of carbonyl (C=O) groups excluding carboxylic acids is 1. The fourth-order valence-corrected chi connectivity index (χ4v) is 3.89. The first-order valence-corrected chi connectivity index (χ1v) is 8.90. The van der Waals surface area contributed by atoms with Gasteiger partial charge in [0.1, 0.15) is 6.54 Å². The molecular formula is C19H29N2O+. The number of likely N-dealkylation sites (tertiary alicyclic amines) is 2. The summed E-state index contributed by atoms with van der Waals surface area (Å²) in [6, 6.07) is 8.85. The van der Waals surface area contributed by atoms with Gasteiger partial charge in [0.25, 0.3) is 0 Å². The van der Waals surface area contributed by atoms with Crippen LogP contribution in [-0.2, 0) is 11.3 Å². The summed E-state index contributed by atoms with van der Waals surface area (Å²) in [4.78, 5) is 16.4. The Morgan fingerprint density at radius 2 is 1.86 bits per heavy atom. The Morgan fingerprint density at radius 3 is 2.59 bits per heavy atom. The summed E-state index contributed by atoms with van der Waals surface area (Å²) in [6.07, 6.45) is 5.95. The Hall–Kier alpha value is -1.35. The Kier molecular flexibility index (Phi) is 5.14. The van der Waals surface area contributed by atoms with Crippen molar-refractivity contribution in [1.29, 1.82) is 0 Å². The Balaban J connectivity index is 1.56. The maximum Gasteiger partial charge on any atom is 0.231 e. The Bertz CT molecular complexity index is 491. The van der Waals surface area contributed by atoms with Crippen LogP contribution in [0.2, 0.25) is 0 Å². The van der Waals surface area contributed by atoms with Crippen LogP contribution < -0.4 is 4.90 Å². The van der Waals surface area contributed by atoms with Crippen molar-refractivity contribution in [2.45, 2.75) is 45.6 Å². The Labute approximate surface area is 134 Å². The van der Waals surface area contributed by atoms with Gasteiger partial charge in [-0.25, -0.2) is 0 Å². The summed E-state index contributed by atoms with van der Waals surface area (Å²) in [5.74, 6) is 0.688. The van der Waals surface area contributed by atoms with Crippen LogP contribution in [0, 0.1) is 12.8 Å². The third-order valence-electron chi connectivity index (χ3n) is 5.21. The van der Waals surface area contributed by atoms with Crippen LogP contribution in [0.5, 0.6) is 0 Å². The van der Waals surface area contributed by atoms with Crippen molar-refractivity contribution in [1.82, 2.24) is 4.90 Å². The zero-order valence-corrected chi connectivity index (χ0v) is 13.8. The van der Waals surface area contributed by atoms with Crippen LogP contribution in [0.3, 0.4) is 0 Å². The molecule has 0 aliphatic carbocycles. The summed E-state index contributed by atoms with van der Waals surface area (Å²) in [6.45, 7) is 7.39. The van der Waals surface area contributed by atoms with Crippen LogP contribution in [0.15, 0.2) is 24.3 Å². The summed E-state index contributed by atoms with van der Waals surface area (Å²) < 4.78 is 0. The molecule has 22 heavy (non-hydrogen) atoms. The predicted molar refractivity (Wildman–Crippen MR) is 88.7 cm³/mol. The van der Waals surface area contributed by atoms with Gasteiger partial charge in [-0.1, -0.05) is 29.8 Å². The van der Waals surface area contributed by atoms with Gasteiger partial charge in [0, 0.05) is 18.7 Å². The van der Waals surface area contributed by atoms with Crippen molar-refractivity contribution >= 4 is 5.91 Å². The average Bonchev–Trinajstić information content (AvgIpc) is 2.57. The van der Waals surface area contributed by atoms with E-state index in [4.69, 9.17) is 0 Å². The molecule has 0 spiro atoms. The highest BCUT2D eigenvalue weighted by molar-refractivity contribution is 5.79. The molecule has 0 aromatic heterocycles. The minimum atomic E-state index is 0.257. The largest absolute Gasteiger partial charge is 0.342 e. The normalized spacial score (nSPS) is 26.0. The molecule has 3 nitrogen and oxygen atoms in total. The lowest BCUT2D eigenvalue weighted by Gasteiger charge is -2.34. The second-order valence-corrected chi connectivity index (χ2v) is 7.09. The molecule has 1 aromatic rings. The van der Waals surface area contributed by atoms with Crippen molar-refractivity contribution in [3.8, 4) is 0 Å². The SMILES string of the molecule is Cc1ccc(C[NH+]2CCC[C@H](C(=O)N3CCCCC3)C2)cc1. The van der Waals surface area contributed by atoms with E-state index < -0.39 is 0 Å². The third-order valence-corrected chi connectivity index (χ3v) is 5.21. The topological polar surface area (TPSA) is 24.8 Å². The molecule has 1 amide bonds. The number of aryl methyl sites for hydroxylation is 1. The molecule has 0 bridgehead atoms. The summed E-state index contributed by atoms with van der Waals surface area (Å²) in [5, 5.41) is 0. The van der Waals surface area contributed by atoms with E-state index in [1.165, 1.54) is 43.4 Å². The van der Waals surface area contributed by atoms with Gasteiger partial charge < -0.3 is 9.80 Å². The standard InChI is InChI=1S/C19H28N2O/c1-16-7-9-17(10-8-16)14-20-11-5-6-18(15-20)19(22)21-12-3-2-4-13-21/h7-10,18H,2-6,11-15H2,1H3/p+1/t18-/m0/s1. The fraction of sp³-hybridized carbons (Fsp3) is 0.632. The molecule has 2 fully saturated rings. The van der Waals surface area contributed by atoms with Crippen LogP contribution in [0.1, 0.15) is 43.2 Å². The number of hydrogen-bond donors (Lipinski definition) is 1. The van der Waals surface area contributed by atoms with E-state index in [9.17, 15) is 4.79 Å². The second-order valence-electron chi connectivity index (χ2n) is 7.09. The van der Waals surface area contributed by atoms with Crippen LogP contribution in [-0.4, -0.2) is 37.0 Å². The maximum absolute atomic E-state index is 12.7. The lowest BCUT2D eigenvalue weighted by molar-refractivity contribution is -0.921. The quantitative estimate of drug-likeness (QED) is 0.905. The van der Waals surface area contributed by atoms with Crippen LogP contribution in [0.25, 0.3) is 0 Å². The molecule has 2 aliphatic heterocycles. The predicted octanol–water partition coefficient (Wildman–Crippen LogP) is 1.80. The molecular weight excluding hydrogens is 272 g/mol. The molecule has 2 saturated heterocycles. The van der Waals surface area contributed by atoms with E-state index in [-0.39, 0.29) is 5.92 Å². The minimum absolute atomic E-state index is 0.257. The zero-order chi connectivity index (χ0) is 15.4. The lowest BCUT2D eigenvalue weighted by atomic mass is 9.95. The van der Waals surface area contributed by atoms with E-state index in [0.717, 1.165) is 32.6 Å². The zero-order valence-electron chi connectivity index (χ0n) is 13.8. The minimum Gasteiger partial charge on any atom is -0.342 e. The molecule has 0 radical (unpaired) electrons. The number of nitrogens with one attached hydrogen (secondary N) is 1. The van der Waals surface area contributed by atoms with E-state index in [2.05, 4.69) is 36.1 Å². The van der Waals surface area contributed by atoms with E-state index in [1.54, 1.807) is 4.90 Å². The molecule has 2 aliphatic rings. The number of quaternary nitrogens is 1. The van der Waals surface area contributed by atoms with Gasteiger partial charge in [0.15, 0.2) is 0 Å². The molecule has 3 rings (SSSR count). The smallest absolute Gasteiger partial charge is 0.231 e. The van der Waals surface area contributed by atoms with Crippen molar-refractivity contribution in [2.75, 3.05) is 26.2 Å². The van der Waals surface area contributed by atoms with Crippen molar-refractivity contribution < 1.29 is 9.69 Å². The van der Waals surface area contributed by atoms with E-state index in [0.29, 0.717) is 5.91 Å². The van der Waals surface area contributed by atoms with Gasteiger partial charge in [-0.15, -0.1) is 0 Å². The third kappa shape index (κ3) is 3.89. The van der Waals surface area contributed by atoms with Crippen LogP contribution >= 0.6 is 0 Å². The van der Waals surface area contributed by atoms with Crippen molar-refractivity contribution in [2.24, 2.45) is 5.92 Å². The molecule has 2 heterocycles. The van der Waals surface area contributed by atoms with Crippen molar-refractivity contribution in [3.63, 3.8) is 0 Å². The number of piperidine rings is 2. The van der Waals surface area contributed by atoms with Crippen molar-refractivity contribution in [3.05, 3.63) is 35.4 Å². The summed E-state index contributed by atoms with van der Waals surface area (Å²) in [7, 11) is 0. The molecule has 1 aromatic carbocycles. The first-order chi connectivity index (χ1) is 10.7. The first kappa shape index (κ1) is 15.5. The molecule has 1 unspecified atom stereocenters. The van der Waals surface area contributed by atoms with Gasteiger partial charge >= 0.3 is 0 Å². The number of amides is 1. The summed E-state index contributed by atoms with van der Waals surface area (Å²) >= 11 is 0. The Morgan fingerprint density at radius 1 is 1.14 bits per heavy atom. The average molecular weight is 301 g/mol. The fourth-order valence-electron chi connectivity index (χ4n) is 3.89. The molecule has 2 atom stereocenters. The van der Waals surface area contributed by atoms with Gasteiger partial charge in [-0.2, -0.15) is 0 Å². The number of rotatable bonds is 3. The van der Waals surface area contributed by atoms with Crippen LogP contribution in [0.4, 0.5) is 0 Å². The van der Waals surface area contributed by atoms with Gasteiger partial charge in [0.2, 0.25) is 5.91 Å². The number of nitrogens with zero attached hydrogens (tertiary/aromatic N) is 1. The first-order valence-electron chi connectivity index (χ1n) is 8.90. The lowest BCUT2D eigenvalue weighted by Crippen LogP contribution is -3.12. The van der Waals surface area contributed by atoms with Gasteiger partial charge in [0.05, 0.1) is 19.0 Å².